The van der Waals surface area contributed by atoms with E-state index in [1.807, 2.05) is 0 Å². The highest BCUT2D eigenvalue weighted by atomic mass is 79.9. The predicted molar refractivity (Wildman–Crippen MR) is 77.2 cm³/mol. The lowest BCUT2D eigenvalue weighted by Crippen LogP contribution is -2.44. The van der Waals surface area contributed by atoms with Gasteiger partial charge >= 0.3 is 0 Å². The third kappa shape index (κ3) is 2.59. The first kappa shape index (κ1) is 14.3. The van der Waals surface area contributed by atoms with Gasteiger partial charge in [-0.3, -0.25) is 0 Å². The number of hydrogen-bond donors (Lipinski definition) is 1. The Morgan fingerprint density at radius 1 is 1.33 bits per heavy atom. The lowest BCUT2D eigenvalue weighted by atomic mass is 9.66. The fourth-order valence-corrected chi connectivity index (χ4v) is 3.52. The van der Waals surface area contributed by atoms with Crippen molar-refractivity contribution >= 4 is 27.5 Å². The second-order valence-electron chi connectivity index (χ2n) is 6.07. The van der Waals surface area contributed by atoms with Gasteiger partial charge in [-0.1, -0.05) is 37.9 Å². The molecule has 18 heavy (non-hydrogen) atoms. The lowest BCUT2D eigenvalue weighted by Gasteiger charge is -2.43. The van der Waals surface area contributed by atoms with Crippen LogP contribution in [-0.4, -0.2) is 0 Å². The summed E-state index contributed by atoms with van der Waals surface area (Å²) < 4.78 is 14.9. The van der Waals surface area contributed by atoms with Crippen molar-refractivity contribution in [3.8, 4) is 0 Å². The minimum Gasteiger partial charge on any atom is -0.321 e. The number of nitrogens with two attached hydrogens (primary N) is 1. The van der Waals surface area contributed by atoms with E-state index >= 15 is 0 Å². The molecule has 0 bridgehead atoms. The molecule has 0 heterocycles. The molecule has 0 radical (unpaired) electrons. The van der Waals surface area contributed by atoms with E-state index in [9.17, 15) is 4.39 Å². The number of halogens is 3. The summed E-state index contributed by atoms with van der Waals surface area (Å²) >= 11 is 9.19. The van der Waals surface area contributed by atoms with E-state index in [-0.39, 0.29) is 16.3 Å². The van der Waals surface area contributed by atoms with Crippen molar-refractivity contribution in [1.29, 1.82) is 0 Å². The highest BCUT2D eigenvalue weighted by Crippen LogP contribution is 2.46. The zero-order valence-electron chi connectivity index (χ0n) is 10.7. The van der Waals surface area contributed by atoms with E-state index < -0.39 is 5.54 Å². The van der Waals surface area contributed by atoms with Gasteiger partial charge in [0.25, 0.3) is 0 Å². The second-order valence-corrected chi connectivity index (χ2v) is 7.31. The molecule has 100 valence electrons. The van der Waals surface area contributed by atoms with Gasteiger partial charge in [0.05, 0.1) is 5.02 Å². The fraction of sp³-hybridized carbons (Fsp3) is 0.571. The van der Waals surface area contributed by atoms with Gasteiger partial charge in [-0.25, -0.2) is 4.39 Å². The zero-order valence-corrected chi connectivity index (χ0v) is 13.0. The molecule has 2 rings (SSSR count). The maximum absolute atomic E-state index is 14.3. The molecule has 0 amide bonds. The van der Waals surface area contributed by atoms with Gasteiger partial charge in [0.1, 0.15) is 5.82 Å². The van der Waals surface area contributed by atoms with Crippen LogP contribution >= 0.6 is 27.5 Å². The molecule has 1 saturated carbocycles. The lowest BCUT2D eigenvalue weighted by molar-refractivity contribution is 0.148. The molecule has 1 fully saturated rings. The topological polar surface area (TPSA) is 26.0 Å². The molecule has 1 atom stereocenters. The van der Waals surface area contributed by atoms with E-state index in [1.54, 1.807) is 12.1 Å². The summed E-state index contributed by atoms with van der Waals surface area (Å²) in [6.07, 6.45) is 3.76. The van der Waals surface area contributed by atoms with Crippen molar-refractivity contribution in [2.24, 2.45) is 11.1 Å². The largest absolute Gasteiger partial charge is 0.321 e. The van der Waals surface area contributed by atoms with Crippen molar-refractivity contribution in [2.75, 3.05) is 0 Å². The van der Waals surface area contributed by atoms with Gasteiger partial charge in [0, 0.05) is 15.6 Å². The molecule has 1 nitrogen and oxygen atoms in total. The van der Waals surface area contributed by atoms with Crippen LogP contribution < -0.4 is 5.73 Å². The van der Waals surface area contributed by atoms with Crippen molar-refractivity contribution in [3.63, 3.8) is 0 Å². The zero-order chi connectivity index (χ0) is 13.6. The Balaban J connectivity index is 2.44. The smallest absolute Gasteiger partial charge is 0.147 e. The molecular weight excluding hydrogens is 317 g/mol. The van der Waals surface area contributed by atoms with E-state index in [1.165, 1.54) is 0 Å². The summed E-state index contributed by atoms with van der Waals surface area (Å²) in [6, 6.07) is 3.53. The monoisotopic (exact) mass is 333 g/mol. The Morgan fingerprint density at radius 2 is 2.00 bits per heavy atom. The molecule has 0 aliphatic heterocycles. The van der Waals surface area contributed by atoms with Crippen LogP contribution in [0.25, 0.3) is 0 Å². The van der Waals surface area contributed by atoms with E-state index in [0.717, 1.165) is 25.7 Å². The van der Waals surface area contributed by atoms with Crippen LogP contribution in [-0.2, 0) is 5.54 Å². The highest BCUT2D eigenvalue weighted by molar-refractivity contribution is 9.10. The third-order valence-corrected chi connectivity index (χ3v) is 5.10. The summed E-state index contributed by atoms with van der Waals surface area (Å²) in [6.45, 7) is 4.37. The molecule has 4 heteroatoms. The Labute approximate surface area is 121 Å². The van der Waals surface area contributed by atoms with Gasteiger partial charge in [-0.15, -0.1) is 0 Å². The van der Waals surface area contributed by atoms with E-state index in [2.05, 4.69) is 29.8 Å². The second kappa shape index (κ2) is 4.77. The van der Waals surface area contributed by atoms with Gasteiger partial charge in [-0.2, -0.15) is 0 Å². The first-order valence-electron chi connectivity index (χ1n) is 6.18. The van der Waals surface area contributed by atoms with Crippen LogP contribution in [0.1, 0.15) is 45.1 Å². The summed E-state index contributed by atoms with van der Waals surface area (Å²) in [5.41, 5.74) is 6.56. The summed E-state index contributed by atoms with van der Waals surface area (Å²) in [5, 5.41) is 0.126. The summed E-state index contributed by atoms with van der Waals surface area (Å²) in [5.74, 6) is -0.383. The molecule has 1 unspecified atom stereocenters. The SMILES string of the molecule is CC1(C)CCCC(N)(c2ccc(Br)c(Cl)c2F)C1. The quantitative estimate of drug-likeness (QED) is 0.719. The number of rotatable bonds is 1. The average molecular weight is 335 g/mol. The van der Waals surface area contributed by atoms with Crippen LogP contribution in [0.2, 0.25) is 5.02 Å². The maximum atomic E-state index is 14.3. The first-order valence-corrected chi connectivity index (χ1v) is 7.35. The van der Waals surface area contributed by atoms with E-state index in [4.69, 9.17) is 17.3 Å². The minimum absolute atomic E-state index is 0.126. The average Bonchev–Trinajstić information content (AvgIpc) is 2.23. The van der Waals surface area contributed by atoms with Crippen molar-refractivity contribution in [3.05, 3.63) is 33.0 Å². The Bertz CT molecular complexity index is 475. The Kier molecular flexibility index (Phi) is 3.79. The third-order valence-electron chi connectivity index (χ3n) is 3.84. The molecule has 0 saturated heterocycles. The standard InChI is InChI=1S/C14H18BrClFN/c1-13(2)6-3-7-14(18,8-13)9-4-5-10(15)11(16)12(9)17/h4-5H,3,6-8,18H2,1-2H3. The van der Waals surface area contributed by atoms with Gasteiger partial charge in [-0.05, 0) is 46.7 Å². The first-order chi connectivity index (χ1) is 8.25. The fourth-order valence-electron chi connectivity index (χ4n) is 3.05. The minimum atomic E-state index is -0.601. The number of benzene rings is 1. The van der Waals surface area contributed by atoms with Crippen LogP contribution in [0, 0.1) is 11.2 Å². The normalized spacial score (nSPS) is 27.2. The molecule has 0 spiro atoms. The summed E-state index contributed by atoms with van der Waals surface area (Å²) in [7, 11) is 0. The van der Waals surface area contributed by atoms with Crippen LogP contribution in [0.4, 0.5) is 4.39 Å². The Morgan fingerprint density at radius 3 is 2.61 bits per heavy atom. The molecule has 1 aliphatic carbocycles. The van der Waals surface area contributed by atoms with Crippen molar-refractivity contribution in [1.82, 2.24) is 0 Å². The van der Waals surface area contributed by atoms with Gasteiger partial charge in [0.15, 0.2) is 0 Å². The molecule has 0 aromatic heterocycles. The van der Waals surface area contributed by atoms with E-state index in [0.29, 0.717) is 10.0 Å². The van der Waals surface area contributed by atoms with Crippen molar-refractivity contribution < 1.29 is 4.39 Å². The molecule has 2 N–H and O–H groups in total. The molecule has 1 aliphatic rings. The highest BCUT2D eigenvalue weighted by Gasteiger charge is 2.40. The number of hydrogen-bond acceptors (Lipinski definition) is 1. The van der Waals surface area contributed by atoms with Crippen molar-refractivity contribution in [2.45, 2.75) is 45.1 Å². The molecular formula is C14H18BrClFN. The predicted octanol–water partition coefficient (Wildman–Crippen LogP) is 5.00. The van der Waals surface area contributed by atoms with Crippen LogP contribution in [0.3, 0.4) is 0 Å². The Hall–Kier alpha value is -0.120. The van der Waals surface area contributed by atoms with Crippen LogP contribution in [0.15, 0.2) is 16.6 Å². The van der Waals surface area contributed by atoms with Gasteiger partial charge < -0.3 is 5.73 Å². The van der Waals surface area contributed by atoms with Gasteiger partial charge in [0.2, 0.25) is 0 Å². The maximum Gasteiger partial charge on any atom is 0.147 e. The van der Waals surface area contributed by atoms with Crippen LogP contribution in [0.5, 0.6) is 0 Å². The molecule has 1 aromatic rings. The molecule has 1 aromatic carbocycles. The summed E-state index contributed by atoms with van der Waals surface area (Å²) in [4.78, 5) is 0.